The van der Waals surface area contributed by atoms with Crippen molar-refractivity contribution in [2.24, 2.45) is 0 Å². The lowest BCUT2D eigenvalue weighted by molar-refractivity contribution is -0.419. The van der Waals surface area contributed by atoms with Crippen molar-refractivity contribution in [1.29, 1.82) is 0 Å². The molecule has 0 saturated heterocycles. The molecular formula is C16H13NO5. The number of carbonyl (C=O) groups excluding carboxylic acids is 1. The maximum absolute atomic E-state index is 12.1. The van der Waals surface area contributed by atoms with Crippen molar-refractivity contribution in [3.05, 3.63) is 68.7 Å². The van der Waals surface area contributed by atoms with E-state index in [1.54, 1.807) is 25.1 Å². The highest BCUT2D eigenvalue weighted by Gasteiger charge is 2.29. The molecule has 1 aliphatic carbocycles. The Bertz CT molecular complexity index is 834. The molecule has 0 amide bonds. The molecule has 112 valence electrons. The van der Waals surface area contributed by atoms with Crippen LogP contribution in [0.25, 0.3) is 11.3 Å². The van der Waals surface area contributed by atoms with E-state index in [4.69, 9.17) is 9.47 Å². The summed E-state index contributed by atoms with van der Waals surface area (Å²) in [6.07, 6.45) is 3.90. The third-order valence-electron chi connectivity index (χ3n) is 3.45. The zero-order valence-electron chi connectivity index (χ0n) is 11.8. The predicted molar refractivity (Wildman–Crippen MR) is 78.2 cm³/mol. The molecule has 6 nitrogen and oxygen atoms in total. The first-order valence-corrected chi connectivity index (χ1v) is 6.83. The van der Waals surface area contributed by atoms with Gasteiger partial charge in [0.25, 0.3) is 5.70 Å². The maximum atomic E-state index is 12.1. The average Bonchev–Trinajstić information content (AvgIpc) is 2.53. The predicted octanol–water partition coefficient (Wildman–Crippen LogP) is 0.638. The number of rotatable bonds is 3. The van der Waals surface area contributed by atoms with Gasteiger partial charge in [0, 0.05) is 22.9 Å². The summed E-state index contributed by atoms with van der Waals surface area (Å²) in [7, 11) is 0. The van der Waals surface area contributed by atoms with Crippen LogP contribution in [0, 0.1) is 10.1 Å². The lowest BCUT2D eigenvalue weighted by atomic mass is 9.96. The van der Waals surface area contributed by atoms with Crippen LogP contribution in [0.3, 0.4) is 0 Å². The standard InChI is InChI=1S/C16H13NO5/c1-2-21-16(18)15-12-6-4-3-5-11(12)13-9-10(17(19)20)7-8-14(13)22-15/h3-9,14H,2H2,1H3. The average molecular weight is 299 g/mol. The zero-order valence-corrected chi connectivity index (χ0v) is 11.8. The van der Waals surface area contributed by atoms with Gasteiger partial charge in [0.05, 0.1) is 11.5 Å². The summed E-state index contributed by atoms with van der Waals surface area (Å²) in [5, 5.41) is 12.3. The van der Waals surface area contributed by atoms with Crippen molar-refractivity contribution in [3.8, 4) is 0 Å². The number of hydrogen-bond acceptors (Lipinski definition) is 5. The highest BCUT2D eigenvalue weighted by molar-refractivity contribution is 6.07. The molecule has 3 rings (SSSR count). The fourth-order valence-electron chi connectivity index (χ4n) is 2.50. The largest absolute Gasteiger partial charge is 0.474 e. The number of nitro groups is 1. The second kappa shape index (κ2) is 5.48. The van der Waals surface area contributed by atoms with Crippen molar-refractivity contribution >= 4 is 17.3 Å². The third kappa shape index (κ3) is 2.28. The molecule has 0 fully saturated rings. The van der Waals surface area contributed by atoms with Crippen LogP contribution in [-0.4, -0.2) is 23.6 Å². The van der Waals surface area contributed by atoms with Gasteiger partial charge in [-0.05, 0) is 18.2 Å². The van der Waals surface area contributed by atoms with E-state index < -0.39 is 17.0 Å². The first-order valence-electron chi connectivity index (χ1n) is 6.83. The second-order valence-corrected chi connectivity index (χ2v) is 4.77. The summed E-state index contributed by atoms with van der Waals surface area (Å²) in [5.74, 6) is -0.403. The summed E-state index contributed by atoms with van der Waals surface area (Å²) < 4.78 is 10.7. The van der Waals surface area contributed by atoms with E-state index in [0.29, 0.717) is 10.8 Å². The van der Waals surface area contributed by atoms with Crippen LogP contribution >= 0.6 is 0 Å². The Balaban J connectivity index is 2.28. The number of nitrogens with zero attached hydrogens (tertiary/aromatic N) is 1. The van der Waals surface area contributed by atoms with Gasteiger partial charge in [0.15, 0.2) is 0 Å². The number of carbonyl (C=O) groups is 1. The topological polar surface area (TPSA) is 78.7 Å². The van der Waals surface area contributed by atoms with E-state index in [9.17, 15) is 14.9 Å². The zero-order chi connectivity index (χ0) is 15.7. The highest BCUT2D eigenvalue weighted by Crippen LogP contribution is 2.24. The first kappa shape index (κ1) is 14.1. The van der Waals surface area contributed by atoms with E-state index in [0.717, 1.165) is 5.22 Å². The molecule has 0 bridgehead atoms. The van der Waals surface area contributed by atoms with Crippen LogP contribution in [-0.2, 0) is 14.3 Å². The number of ether oxygens (including phenoxy) is 2. The van der Waals surface area contributed by atoms with Crippen molar-refractivity contribution in [2.45, 2.75) is 13.0 Å². The van der Waals surface area contributed by atoms with Gasteiger partial charge >= 0.3 is 5.97 Å². The Labute approximate surface area is 125 Å². The smallest absolute Gasteiger partial charge is 0.374 e. The Kier molecular flexibility index (Phi) is 3.50. The molecule has 1 aliphatic heterocycles. The van der Waals surface area contributed by atoms with Gasteiger partial charge in [-0.25, -0.2) is 4.79 Å². The number of fused-ring (bicyclic) bond motifs is 2. The van der Waals surface area contributed by atoms with E-state index in [1.807, 2.05) is 12.1 Å². The fourth-order valence-corrected chi connectivity index (χ4v) is 2.50. The molecule has 0 N–H and O–H groups in total. The third-order valence-corrected chi connectivity index (χ3v) is 3.45. The minimum atomic E-state index is -0.536. The van der Waals surface area contributed by atoms with Crippen molar-refractivity contribution < 1.29 is 19.2 Å². The fraction of sp³-hybridized carbons (Fsp3) is 0.188. The molecule has 1 unspecified atom stereocenters. The number of benzene rings is 1. The van der Waals surface area contributed by atoms with E-state index in [2.05, 4.69) is 0 Å². The summed E-state index contributed by atoms with van der Waals surface area (Å²) >= 11 is 0. The number of esters is 1. The molecule has 0 aromatic heterocycles. The lowest BCUT2D eigenvalue weighted by Gasteiger charge is -2.24. The van der Waals surface area contributed by atoms with E-state index in [-0.39, 0.29) is 18.1 Å². The SMILES string of the molecule is CCOC(=O)C1=c2ccccc2=C2C=C([N+](=O)[O-])C=CC2O1. The quantitative estimate of drug-likeness (QED) is 0.465. The minimum Gasteiger partial charge on any atom is -0.474 e. The molecule has 2 aliphatic rings. The van der Waals surface area contributed by atoms with Gasteiger partial charge in [-0.15, -0.1) is 0 Å². The van der Waals surface area contributed by atoms with Crippen LogP contribution in [0.2, 0.25) is 0 Å². The molecule has 22 heavy (non-hydrogen) atoms. The van der Waals surface area contributed by atoms with Crippen LogP contribution < -0.4 is 10.4 Å². The molecule has 0 spiro atoms. The molecule has 1 heterocycles. The summed E-state index contributed by atoms with van der Waals surface area (Å²) in [5.41, 5.74) is 0.655. The minimum absolute atomic E-state index is 0.00997. The maximum Gasteiger partial charge on any atom is 0.374 e. The number of allylic oxidation sites excluding steroid dienone is 1. The van der Waals surface area contributed by atoms with Crippen LogP contribution in [0.5, 0.6) is 0 Å². The molecule has 6 heteroatoms. The summed E-state index contributed by atoms with van der Waals surface area (Å²) in [6.45, 7) is 1.97. The molecule has 1 aromatic rings. The Morgan fingerprint density at radius 3 is 2.77 bits per heavy atom. The first-order chi connectivity index (χ1) is 10.6. The lowest BCUT2D eigenvalue weighted by Crippen LogP contribution is -2.41. The molecule has 1 atom stereocenters. The van der Waals surface area contributed by atoms with Gasteiger partial charge in [-0.1, -0.05) is 24.3 Å². The van der Waals surface area contributed by atoms with Gasteiger partial charge in [-0.2, -0.15) is 0 Å². The molecule has 1 aromatic carbocycles. The van der Waals surface area contributed by atoms with Crippen LogP contribution in [0.1, 0.15) is 6.92 Å². The normalized spacial score (nSPS) is 18.8. The van der Waals surface area contributed by atoms with Crippen molar-refractivity contribution in [3.63, 3.8) is 0 Å². The van der Waals surface area contributed by atoms with E-state index >= 15 is 0 Å². The Morgan fingerprint density at radius 1 is 1.36 bits per heavy atom. The van der Waals surface area contributed by atoms with Gasteiger partial charge < -0.3 is 9.47 Å². The van der Waals surface area contributed by atoms with Crippen molar-refractivity contribution in [2.75, 3.05) is 6.61 Å². The highest BCUT2D eigenvalue weighted by atomic mass is 16.6. The van der Waals surface area contributed by atoms with E-state index in [1.165, 1.54) is 12.2 Å². The summed E-state index contributed by atoms with van der Waals surface area (Å²) in [6, 6.07) is 7.14. The number of hydrogen-bond donors (Lipinski definition) is 0. The summed E-state index contributed by atoms with van der Waals surface area (Å²) in [4.78, 5) is 22.6. The van der Waals surface area contributed by atoms with Gasteiger partial charge in [0.1, 0.15) is 6.10 Å². The Morgan fingerprint density at radius 2 is 2.09 bits per heavy atom. The van der Waals surface area contributed by atoms with Crippen LogP contribution in [0.4, 0.5) is 0 Å². The Hall–Kier alpha value is -2.89. The van der Waals surface area contributed by atoms with Crippen LogP contribution in [0.15, 0.2) is 48.2 Å². The monoisotopic (exact) mass is 299 g/mol. The van der Waals surface area contributed by atoms with Crippen molar-refractivity contribution in [1.82, 2.24) is 0 Å². The molecule has 0 saturated carbocycles. The van der Waals surface area contributed by atoms with Gasteiger partial charge in [-0.3, -0.25) is 10.1 Å². The van der Waals surface area contributed by atoms with Gasteiger partial charge in [0.2, 0.25) is 5.76 Å². The molecule has 0 radical (unpaired) electrons. The molecular weight excluding hydrogens is 286 g/mol. The second-order valence-electron chi connectivity index (χ2n) is 4.77.